The van der Waals surface area contributed by atoms with Crippen LogP contribution in [0.15, 0.2) is 223 Å². The highest BCUT2D eigenvalue weighted by Gasteiger charge is 2.31. The Hall–Kier alpha value is -6.90. The van der Waals surface area contributed by atoms with Crippen LogP contribution in [0, 0.1) is 5.41 Å². The predicted octanol–water partition coefficient (Wildman–Crippen LogP) is 14.3. The van der Waals surface area contributed by atoms with Crippen molar-refractivity contribution in [1.29, 1.82) is 0 Å². The number of rotatable bonds is 9. The standard InChI is InChI=1S/C54H44N2/c1-39(41-20-9-4-10-21-41)55-53(54(3)35-19-30-48(38-54)43-22-11-5-12-23-43)56-40(2)42-31-33-44(34-32-42)49-36-50(45-24-13-6-14-25-45)52(47-28-17-8-18-29-47)51(37-49)46-26-15-7-16-27-46/h4-34,36-38H,1,35H2,2-3H3. The van der Waals surface area contributed by atoms with Gasteiger partial charge in [0.1, 0.15) is 5.84 Å². The highest BCUT2D eigenvalue weighted by Crippen LogP contribution is 2.43. The highest BCUT2D eigenvalue weighted by molar-refractivity contribution is 6.10. The molecule has 0 spiro atoms. The summed E-state index contributed by atoms with van der Waals surface area (Å²) in [6.45, 7) is 8.69. The van der Waals surface area contributed by atoms with E-state index >= 15 is 0 Å². The van der Waals surface area contributed by atoms with Crippen LogP contribution >= 0.6 is 0 Å². The summed E-state index contributed by atoms with van der Waals surface area (Å²) in [4.78, 5) is 10.5. The lowest BCUT2D eigenvalue weighted by molar-refractivity contribution is 0.598. The lowest BCUT2D eigenvalue weighted by Crippen LogP contribution is -2.26. The van der Waals surface area contributed by atoms with E-state index in [-0.39, 0.29) is 0 Å². The molecule has 0 saturated carbocycles. The molecule has 0 heterocycles. The van der Waals surface area contributed by atoms with Gasteiger partial charge in [-0.25, -0.2) is 9.98 Å². The highest BCUT2D eigenvalue weighted by atomic mass is 15.0. The molecule has 0 bridgehead atoms. The van der Waals surface area contributed by atoms with Crippen molar-refractivity contribution in [3.63, 3.8) is 0 Å². The molecule has 7 aromatic rings. The van der Waals surface area contributed by atoms with E-state index in [0.717, 1.165) is 45.8 Å². The molecule has 2 nitrogen and oxygen atoms in total. The molecule has 0 aromatic heterocycles. The lowest BCUT2D eigenvalue weighted by Gasteiger charge is -2.29. The fourth-order valence-corrected chi connectivity index (χ4v) is 7.49. The van der Waals surface area contributed by atoms with Crippen molar-refractivity contribution in [3.05, 3.63) is 230 Å². The van der Waals surface area contributed by atoms with Gasteiger partial charge in [0, 0.05) is 11.1 Å². The molecule has 1 atom stereocenters. The molecule has 0 aliphatic heterocycles. The molecule has 0 radical (unpaired) electrons. The second-order valence-electron chi connectivity index (χ2n) is 14.6. The van der Waals surface area contributed by atoms with Gasteiger partial charge in [0.25, 0.3) is 0 Å². The Morgan fingerprint density at radius 3 is 1.52 bits per heavy atom. The van der Waals surface area contributed by atoms with Crippen LogP contribution in [0.4, 0.5) is 0 Å². The molecule has 1 aliphatic rings. The third-order valence-corrected chi connectivity index (χ3v) is 10.6. The molecule has 56 heavy (non-hydrogen) atoms. The quantitative estimate of drug-likeness (QED) is 0.105. The van der Waals surface area contributed by atoms with Crippen molar-refractivity contribution in [3.8, 4) is 44.5 Å². The average Bonchev–Trinajstić information content (AvgIpc) is 3.27. The lowest BCUT2D eigenvalue weighted by atomic mass is 9.78. The molecule has 1 aliphatic carbocycles. The number of amidine groups is 1. The summed E-state index contributed by atoms with van der Waals surface area (Å²) in [5.41, 5.74) is 15.0. The number of allylic oxidation sites excluding steroid dienone is 3. The molecule has 0 N–H and O–H groups in total. The average molecular weight is 721 g/mol. The van der Waals surface area contributed by atoms with Crippen LogP contribution in [0.2, 0.25) is 0 Å². The normalized spacial score (nSPS) is 15.6. The Balaban J connectivity index is 1.21. The molecule has 1 unspecified atom stereocenters. The van der Waals surface area contributed by atoms with Crippen LogP contribution < -0.4 is 0 Å². The fourth-order valence-electron chi connectivity index (χ4n) is 7.49. The molecule has 8 rings (SSSR count). The van der Waals surface area contributed by atoms with E-state index in [1.165, 1.54) is 38.9 Å². The minimum Gasteiger partial charge on any atom is -0.237 e. The molecule has 0 amide bonds. The van der Waals surface area contributed by atoms with Gasteiger partial charge in [-0.3, -0.25) is 0 Å². The van der Waals surface area contributed by atoms with Gasteiger partial charge in [-0.05, 0) is 99.2 Å². The maximum absolute atomic E-state index is 5.32. The van der Waals surface area contributed by atoms with Crippen LogP contribution in [0.25, 0.3) is 55.8 Å². The topological polar surface area (TPSA) is 24.7 Å². The minimum absolute atomic E-state index is 0.443. The molecular formula is C54H44N2. The van der Waals surface area contributed by atoms with E-state index in [2.05, 4.69) is 196 Å². The monoisotopic (exact) mass is 720 g/mol. The molecule has 270 valence electrons. The van der Waals surface area contributed by atoms with Crippen molar-refractivity contribution in [1.82, 2.24) is 0 Å². The zero-order valence-electron chi connectivity index (χ0n) is 31.9. The van der Waals surface area contributed by atoms with Gasteiger partial charge >= 0.3 is 0 Å². The number of nitrogens with zero attached hydrogens (tertiary/aromatic N) is 2. The maximum Gasteiger partial charge on any atom is 0.139 e. The van der Waals surface area contributed by atoms with Crippen LogP contribution in [-0.4, -0.2) is 11.5 Å². The zero-order chi connectivity index (χ0) is 38.3. The Kier molecular flexibility index (Phi) is 10.5. The second-order valence-corrected chi connectivity index (χ2v) is 14.6. The summed E-state index contributed by atoms with van der Waals surface area (Å²) in [5.74, 6) is 0.738. The molecule has 0 saturated heterocycles. The fraction of sp³-hybridized carbons (Fsp3) is 0.0741. The first-order chi connectivity index (χ1) is 27.4. The maximum atomic E-state index is 5.32. The van der Waals surface area contributed by atoms with E-state index in [4.69, 9.17) is 9.98 Å². The molecule has 0 fully saturated rings. The van der Waals surface area contributed by atoms with Gasteiger partial charge in [-0.2, -0.15) is 0 Å². The summed E-state index contributed by atoms with van der Waals surface area (Å²) < 4.78 is 0. The third kappa shape index (κ3) is 7.83. The number of benzene rings is 7. The molecule has 2 heteroatoms. The van der Waals surface area contributed by atoms with Gasteiger partial charge in [0.05, 0.1) is 5.70 Å². The smallest absolute Gasteiger partial charge is 0.139 e. The Labute approximate surface area is 331 Å². The number of hydrogen-bond donors (Lipinski definition) is 0. The molecule has 7 aromatic carbocycles. The van der Waals surface area contributed by atoms with E-state index in [0.29, 0.717) is 5.70 Å². The van der Waals surface area contributed by atoms with E-state index < -0.39 is 5.41 Å². The van der Waals surface area contributed by atoms with Crippen molar-refractivity contribution in [2.24, 2.45) is 15.4 Å². The SMILES string of the molecule is C=C(N=C(N=C(C)c1ccc(-c2cc(-c3ccccc3)c(-c3ccccc3)c(-c3ccccc3)c2)cc1)C1(C)C=C(c2ccccc2)C=CC1)c1ccccc1. The van der Waals surface area contributed by atoms with E-state index in [9.17, 15) is 0 Å². The van der Waals surface area contributed by atoms with E-state index in [1.807, 2.05) is 30.3 Å². The minimum atomic E-state index is -0.443. The summed E-state index contributed by atoms with van der Waals surface area (Å²) in [6.07, 6.45) is 7.54. The summed E-state index contributed by atoms with van der Waals surface area (Å²) in [6, 6.07) is 66.3. The number of hydrogen-bond acceptors (Lipinski definition) is 1. The van der Waals surface area contributed by atoms with Crippen molar-refractivity contribution in [2.75, 3.05) is 0 Å². The van der Waals surface area contributed by atoms with E-state index in [1.54, 1.807) is 0 Å². The van der Waals surface area contributed by atoms with Crippen LogP contribution in [0.1, 0.15) is 37.0 Å². The summed E-state index contributed by atoms with van der Waals surface area (Å²) in [7, 11) is 0. The van der Waals surface area contributed by atoms with Crippen LogP contribution in [0.5, 0.6) is 0 Å². The van der Waals surface area contributed by atoms with Gasteiger partial charge in [-0.15, -0.1) is 0 Å². The van der Waals surface area contributed by atoms with Crippen LogP contribution in [0.3, 0.4) is 0 Å². The Morgan fingerprint density at radius 1 is 0.500 bits per heavy atom. The third-order valence-electron chi connectivity index (χ3n) is 10.6. The first-order valence-corrected chi connectivity index (χ1v) is 19.2. The predicted molar refractivity (Wildman–Crippen MR) is 240 cm³/mol. The summed E-state index contributed by atoms with van der Waals surface area (Å²) in [5, 5.41) is 0. The Bertz CT molecular complexity index is 2520. The van der Waals surface area contributed by atoms with Crippen molar-refractivity contribution < 1.29 is 0 Å². The molecular weight excluding hydrogens is 677 g/mol. The van der Waals surface area contributed by atoms with Gasteiger partial charge in [0.15, 0.2) is 0 Å². The van der Waals surface area contributed by atoms with Crippen LogP contribution in [-0.2, 0) is 0 Å². The second kappa shape index (κ2) is 16.2. The van der Waals surface area contributed by atoms with Gasteiger partial charge in [0.2, 0.25) is 0 Å². The van der Waals surface area contributed by atoms with Crippen molar-refractivity contribution >= 4 is 22.8 Å². The van der Waals surface area contributed by atoms with Crippen molar-refractivity contribution in [2.45, 2.75) is 20.3 Å². The van der Waals surface area contributed by atoms with Gasteiger partial charge < -0.3 is 0 Å². The van der Waals surface area contributed by atoms with Gasteiger partial charge in [-0.1, -0.05) is 201 Å². The Morgan fingerprint density at radius 2 is 0.982 bits per heavy atom. The first kappa shape index (κ1) is 36.1. The zero-order valence-corrected chi connectivity index (χ0v) is 31.9. The number of aliphatic imine (C=N–C) groups is 2. The first-order valence-electron chi connectivity index (χ1n) is 19.2. The largest absolute Gasteiger partial charge is 0.237 e. The summed E-state index contributed by atoms with van der Waals surface area (Å²) >= 11 is 0.